The van der Waals surface area contributed by atoms with Gasteiger partial charge in [0.15, 0.2) is 0 Å². The van der Waals surface area contributed by atoms with Crippen molar-refractivity contribution in [1.29, 1.82) is 0 Å². The Balaban J connectivity index is 2.11. The molecular weight excluding hydrogens is 398 g/mol. The zero-order chi connectivity index (χ0) is 21.6. The van der Waals surface area contributed by atoms with E-state index in [1.807, 2.05) is 0 Å². The van der Waals surface area contributed by atoms with Crippen molar-refractivity contribution in [2.45, 2.75) is 58.5 Å². The van der Waals surface area contributed by atoms with Gasteiger partial charge in [0.05, 0.1) is 27.2 Å². The molecule has 0 bridgehead atoms. The Bertz CT molecular complexity index is 1330. The Hall–Kier alpha value is -2.18. The topological polar surface area (TPSA) is 26.0 Å². The van der Waals surface area contributed by atoms with Gasteiger partial charge in [-0.3, -0.25) is 4.98 Å². The van der Waals surface area contributed by atoms with Crippen LogP contribution < -0.4 is 10.4 Å². The average molecular weight is 430 g/mol. The van der Waals surface area contributed by atoms with Crippen molar-refractivity contribution < 1.29 is 4.42 Å². The van der Waals surface area contributed by atoms with E-state index in [4.69, 9.17) is 9.40 Å². The van der Waals surface area contributed by atoms with Crippen molar-refractivity contribution in [2.75, 3.05) is 0 Å². The molecule has 1 aliphatic carbocycles. The molecule has 0 N–H and O–H groups in total. The van der Waals surface area contributed by atoms with E-state index in [2.05, 4.69) is 95.7 Å². The van der Waals surface area contributed by atoms with E-state index < -0.39 is 16.1 Å². The van der Waals surface area contributed by atoms with E-state index in [1.54, 1.807) is 0 Å². The number of rotatable bonds is 2. The van der Waals surface area contributed by atoms with Crippen molar-refractivity contribution in [3.05, 3.63) is 53.7 Å². The third-order valence-corrected chi connectivity index (χ3v) is 10.8. The summed E-state index contributed by atoms with van der Waals surface area (Å²) in [6, 6.07) is 13.5. The first kappa shape index (κ1) is 19.8. The van der Waals surface area contributed by atoms with Gasteiger partial charge in [-0.15, -0.1) is 0 Å². The van der Waals surface area contributed by atoms with E-state index >= 15 is 0 Å². The highest BCUT2D eigenvalue weighted by Crippen LogP contribution is 2.48. The van der Waals surface area contributed by atoms with E-state index in [0.29, 0.717) is 0 Å². The second-order valence-electron chi connectivity index (χ2n) is 11.4. The second kappa shape index (κ2) is 5.95. The lowest BCUT2D eigenvalue weighted by atomic mass is 9.76. The molecule has 0 amide bonds. The maximum absolute atomic E-state index is 6.86. The molecule has 2 aromatic carbocycles. The minimum Gasteiger partial charge on any atom is -0.456 e. The van der Waals surface area contributed by atoms with Gasteiger partial charge < -0.3 is 4.42 Å². The quantitative estimate of drug-likeness (QED) is 0.346. The fourth-order valence-corrected chi connectivity index (χ4v) is 7.85. The van der Waals surface area contributed by atoms with Gasteiger partial charge in [-0.05, 0) is 16.3 Å². The Morgan fingerprint density at radius 1 is 0.733 bits per heavy atom. The molecule has 0 saturated heterocycles. The van der Waals surface area contributed by atoms with Gasteiger partial charge in [-0.1, -0.05) is 89.5 Å². The molecule has 2 nitrogen and oxygen atoms in total. The second-order valence-corrected chi connectivity index (χ2v) is 21.4. The number of furan rings is 1. The molecule has 5 rings (SSSR count). The van der Waals surface area contributed by atoms with E-state index in [9.17, 15) is 0 Å². The summed E-state index contributed by atoms with van der Waals surface area (Å²) >= 11 is 0. The predicted molar refractivity (Wildman–Crippen MR) is 135 cm³/mol. The van der Waals surface area contributed by atoms with Crippen molar-refractivity contribution >= 4 is 48.5 Å². The van der Waals surface area contributed by atoms with Crippen LogP contribution in [-0.4, -0.2) is 21.1 Å². The van der Waals surface area contributed by atoms with Crippen LogP contribution in [0.1, 0.15) is 25.0 Å². The fraction of sp³-hybridized carbons (Fsp3) is 0.346. The molecule has 2 heterocycles. The highest BCUT2D eigenvalue weighted by atomic mass is 28.3. The highest BCUT2D eigenvalue weighted by Gasteiger charge is 2.37. The summed E-state index contributed by atoms with van der Waals surface area (Å²) in [5, 5.41) is 5.26. The Morgan fingerprint density at radius 3 is 2.03 bits per heavy atom. The van der Waals surface area contributed by atoms with E-state index in [0.717, 1.165) is 16.9 Å². The largest absolute Gasteiger partial charge is 0.456 e. The summed E-state index contributed by atoms with van der Waals surface area (Å²) in [6.45, 7) is 19.1. The van der Waals surface area contributed by atoms with Crippen molar-refractivity contribution in [3.63, 3.8) is 0 Å². The van der Waals surface area contributed by atoms with Crippen LogP contribution in [-0.2, 0) is 5.41 Å². The van der Waals surface area contributed by atoms with Crippen LogP contribution in [0.2, 0.25) is 39.3 Å². The van der Waals surface area contributed by atoms with Crippen LogP contribution in [0.25, 0.3) is 33.2 Å². The summed E-state index contributed by atoms with van der Waals surface area (Å²) in [5.74, 6) is 0. The maximum Gasteiger partial charge on any atom is 0.138 e. The minimum atomic E-state index is -1.63. The Morgan fingerprint density at radius 2 is 1.37 bits per heavy atom. The molecule has 0 fully saturated rings. The van der Waals surface area contributed by atoms with Crippen LogP contribution in [0.3, 0.4) is 0 Å². The van der Waals surface area contributed by atoms with E-state index in [1.165, 1.54) is 37.8 Å². The SMILES string of the molecule is CC1(C)c2ccccc2-c2ncc([Si](C)(C)C)c3oc4c([Si](C)(C)C)ccc1c4c23. The number of hydrogen-bond donors (Lipinski definition) is 0. The molecule has 4 aromatic rings. The summed E-state index contributed by atoms with van der Waals surface area (Å²) in [4.78, 5) is 5.10. The number of pyridine rings is 1. The number of nitrogens with zero attached hydrogens (tertiary/aromatic N) is 1. The summed E-state index contributed by atoms with van der Waals surface area (Å²) in [5.41, 5.74) is 7.09. The lowest BCUT2D eigenvalue weighted by Gasteiger charge is -2.28. The molecule has 2 aromatic heterocycles. The normalized spacial score (nSPS) is 15.6. The zero-order valence-corrected chi connectivity index (χ0v) is 21.4. The molecule has 0 aliphatic heterocycles. The van der Waals surface area contributed by atoms with Crippen LogP contribution in [0.5, 0.6) is 0 Å². The maximum atomic E-state index is 6.86. The van der Waals surface area contributed by atoms with Gasteiger partial charge in [0, 0.05) is 27.7 Å². The van der Waals surface area contributed by atoms with Gasteiger partial charge in [0.2, 0.25) is 0 Å². The van der Waals surface area contributed by atoms with Crippen molar-refractivity contribution in [1.82, 2.24) is 4.98 Å². The molecule has 0 atom stereocenters. The zero-order valence-electron chi connectivity index (χ0n) is 19.4. The Kier molecular flexibility index (Phi) is 3.92. The molecule has 0 radical (unpaired) electrons. The van der Waals surface area contributed by atoms with Crippen LogP contribution >= 0.6 is 0 Å². The summed E-state index contributed by atoms with van der Waals surface area (Å²) in [7, 11) is -3.21. The average Bonchev–Trinajstić information content (AvgIpc) is 3.01. The molecule has 0 unspecified atom stereocenters. The standard InChI is InChI=1S/C26H31NOSi2/c1-26(2)17-12-10-9-11-16(17)23-22-21-18(26)13-14-19(29(3,4)5)24(21)28-25(22)20(15-27-23)30(6,7)8/h9-15H,1-8H3. The number of aromatic nitrogens is 1. The molecule has 154 valence electrons. The first-order valence-electron chi connectivity index (χ1n) is 10.9. The molecule has 1 aliphatic rings. The third-order valence-electron chi connectivity index (χ3n) is 6.79. The fourth-order valence-electron chi connectivity index (χ4n) is 5.10. The molecule has 0 spiro atoms. The van der Waals surface area contributed by atoms with Crippen LogP contribution in [0.4, 0.5) is 0 Å². The van der Waals surface area contributed by atoms with Gasteiger partial charge >= 0.3 is 0 Å². The van der Waals surface area contributed by atoms with Gasteiger partial charge in [-0.2, -0.15) is 0 Å². The smallest absolute Gasteiger partial charge is 0.138 e. The first-order chi connectivity index (χ1) is 13.9. The van der Waals surface area contributed by atoms with Crippen LogP contribution in [0.15, 0.2) is 47.0 Å². The highest BCUT2D eigenvalue weighted by molar-refractivity contribution is 6.91. The lowest BCUT2D eigenvalue weighted by Crippen LogP contribution is -2.38. The summed E-state index contributed by atoms with van der Waals surface area (Å²) < 4.78 is 6.86. The molecule has 0 saturated carbocycles. The molecule has 30 heavy (non-hydrogen) atoms. The third kappa shape index (κ3) is 2.56. The predicted octanol–water partition coefficient (Wildman–Crippen LogP) is 6.38. The van der Waals surface area contributed by atoms with Gasteiger partial charge in [0.1, 0.15) is 11.2 Å². The van der Waals surface area contributed by atoms with E-state index in [-0.39, 0.29) is 5.41 Å². The Labute approximate surface area is 181 Å². The monoisotopic (exact) mass is 429 g/mol. The molecule has 4 heteroatoms. The van der Waals surface area contributed by atoms with Gasteiger partial charge in [-0.25, -0.2) is 0 Å². The minimum absolute atomic E-state index is 0.121. The van der Waals surface area contributed by atoms with Gasteiger partial charge in [0.25, 0.3) is 0 Å². The van der Waals surface area contributed by atoms with Crippen molar-refractivity contribution in [3.8, 4) is 11.3 Å². The van der Waals surface area contributed by atoms with Crippen molar-refractivity contribution in [2.24, 2.45) is 0 Å². The molecular formula is C26H31NOSi2. The summed E-state index contributed by atoms with van der Waals surface area (Å²) in [6.07, 6.45) is 2.11. The number of benzene rings is 2. The first-order valence-corrected chi connectivity index (χ1v) is 17.9. The van der Waals surface area contributed by atoms with Crippen LogP contribution in [0, 0.1) is 0 Å². The lowest BCUT2D eigenvalue weighted by molar-refractivity contribution is 0.644. The number of fused-ring (bicyclic) bond motifs is 2. The number of hydrogen-bond acceptors (Lipinski definition) is 2.